The molecule has 0 fully saturated rings. The maximum absolute atomic E-state index is 12.7. The van der Waals surface area contributed by atoms with E-state index in [2.05, 4.69) is 5.32 Å². The van der Waals surface area contributed by atoms with Gasteiger partial charge in [-0.3, -0.25) is 4.79 Å². The molecule has 1 aliphatic carbocycles. The molecule has 2 aromatic carbocycles. The van der Waals surface area contributed by atoms with E-state index in [-0.39, 0.29) is 12.0 Å². The van der Waals surface area contributed by atoms with Crippen molar-refractivity contribution in [1.82, 2.24) is 5.32 Å². The fraction of sp³-hybridized carbons (Fsp3) is 0.346. The van der Waals surface area contributed by atoms with Crippen LogP contribution in [0.3, 0.4) is 0 Å². The van der Waals surface area contributed by atoms with Crippen molar-refractivity contribution in [3.05, 3.63) is 75.1 Å². The Morgan fingerprint density at radius 3 is 2.48 bits per heavy atom. The summed E-state index contributed by atoms with van der Waals surface area (Å²) >= 11 is 0. The van der Waals surface area contributed by atoms with Crippen molar-refractivity contribution in [1.29, 1.82) is 0 Å². The first-order valence-corrected chi connectivity index (χ1v) is 11.2. The first kappa shape index (κ1) is 22.6. The third-order valence-corrected chi connectivity index (χ3v) is 6.16. The molecule has 0 bridgehead atoms. The zero-order valence-electron chi connectivity index (χ0n) is 18.7. The molecule has 0 unspecified atom stereocenters. The van der Waals surface area contributed by atoms with E-state index >= 15 is 0 Å². The van der Waals surface area contributed by atoms with E-state index in [0.717, 1.165) is 47.8 Å². The third kappa shape index (κ3) is 4.77. The summed E-state index contributed by atoms with van der Waals surface area (Å²) in [4.78, 5) is 36.9. The van der Waals surface area contributed by atoms with Gasteiger partial charge in [-0.15, -0.1) is 0 Å². The maximum atomic E-state index is 12.7. The summed E-state index contributed by atoms with van der Waals surface area (Å²) < 4.78 is 11.5. The van der Waals surface area contributed by atoms with Gasteiger partial charge in [0, 0.05) is 22.9 Å². The lowest BCUT2D eigenvalue weighted by atomic mass is 9.90. The number of aliphatic carboxylic acids is 1. The molecule has 1 heterocycles. The fourth-order valence-corrected chi connectivity index (χ4v) is 4.34. The SMILES string of the molecule is Cc1c(O[C@@H](C)C(=O)N[C@@H](Cc2ccccc2)C(=O)O)ccc2c3c(c(=O)oc12)CCCC3. The van der Waals surface area contributed by atoms with Gasteiger partial charge in [0.25, 0.3) is 5.91 Å². The van der Waals surface area contributed by atoms with Gasteiger partial charge in [0.15, 0.2) is 6.10 Å². The van der Waals surface area contributed by atoms with Crippen molar-refractivity contribution in [2.75, 3.05) is 0 Å². The lowest BCUT2D eigenvalue weighted by Crippen LogP contribution is -2.47. The number of nitrogens with one attached hydrogen (secondary N) is 1. The number of rotatable bonds is 7. The second-order valence-electron chi connectivity index (χ2n) is 8.47. The van der Waals surface area contributed by atoms with Gasteiger partial charge in [0.2, 0.25) is 0 Å². The molecule has 33 heavy (non-hydrogen) atoms. The van der Waals surface area contributed by atoms with Crippen LogP contribution in [0.2, 0.25) is 0 Å². The molecule has 0 saturated heterocycles. The molecule has 0 spiro atoms. The number of amides is 1. The Morgan fingerprint density at radius 2 is 1.79 bits per heavy atom. The Balaban J connectivity index is 1.52. The predicted octanol–water partition coefficient (Wildman–Crippen LogP) is 3.56. The van der Waals surface area contributed by atoms with Crippen LogP contribution >= 0.6 is 0 Å². The van der Waals surface area contributed by atoms with E-state index in [9.17, 15) is 19.5 Å². The predicted molar refractivity (Wildman–Crippen MR) is 124 cm³/mol. The van der Waals surface area contributed by atoms with Crippen molar-refractivity contribution in [2.24, 2.45) is 0 Å². The van der Waals surface area contributed by atoms with Crippen LogP contribution in [-0.4, -0.2) is 29.1 Å². The van der Waals surface area contributed by atoms with Crippen LogP contribution in [0.1, 0.15) is 42.0 Å². The number of carbonyl (C=O) groups excluding carboxylic acids is 1. The topological polar surface area (TPSA) is 106 Å². The zero-order chi connectivity index (χ0) is 23.5. The summed E-state index contributed by atoms with van der Waals surface area (Å²) in [6.07, 6.45) is 2.82. The Kier molecular flexibility index (Phi) is 6.49. The standard InChI is InChI=1S/C26H27NO6/c1-15-22(13-12-19-18-10-6-7-11-20(18)26(31)33-23(15)19)32-16(2)24(28)27-21(25(29)30)14-17-8-4-3-5-9-17/h3-5,8-9,12-13,16,21H,6-7,10-11,14H2,1-2H3,(H,27,28)(H,29,30)/t16-,21-/m0/s1. The monoisotopic (exact) mass is 449 g/mol. The Morgan fingerprint density at radius 1 is 1.09 bits per heavy atom. The van der Waals surface area contributed by atoms with Crippen LogP contribution < -0.4 is 15.7 Å². The molecule has 1 aromatic heterocycles. The van der Waals surface area contributed by atoms with Gasteiger partial charge >= 0.3 is 11.6 Å². The number of fused-ring (bicyclic) bond motifs is 3. The summed E-state index contributed by atoms with van der Waals surface area (Å²) in [5, 5.41) is 13.0. The second kappa shape index (κ2) is 9.48. The van der Waals surface area contributed by atoms with Crippen LogP contribution in [0.15, 0.2) is 51.7 Å². The van der Waals surface area contributed by atoms with Gasteiger partial charge in [-0.1, -0.05) is 30.3 Å². The molecule has 7 heteroatoms. The summed E-state index contributed by atoms with van der Waals surface area (Å²) in [5.41, 5.74) is 3.40. The maximum Gasteiger partial charge on any atom is 0.339 e. The van der Waals surface area contributed by atoms with E-state index in [1.165, 1.54) is 0 Å². The van der Waals surface area contributed by atoms with Gasteiger partial charge < -0.3 is 19.6 Å². The highest BCUT2D eigenvalue weighted by Gasteiger charge is 2.25. The zero-order valence-corrected chi connectivity index (χ0v) is 18.7. The van der Waals surface area contributed by atoms with Crippen molar-refractivity contribution in [2.45, 2.75) is 58.1 Å². The molecule has 0 saturated carbocycles. The average molecular weight is 450 g/mol. The number of benzene rings is 2. The van der Waals surface area contributed by atoms with Crippen molar-refractivity contribution in [3.63, 3.8) is 0 Å². The van der Waals surface area contributed by atoms with Gasteiger partial charge in [-0.25, -0.2) is 9.59 Å². The molecule has 172 valence electrons. The number of hydrogen-bond donors (Lipinski definition) is 2. The minimum atomic E-state index is -1.12. The van der Waals surface area contributed by atoms with Gasteiger partial charge in [-0.2, -0.15) is 0 Å². The van der Waals surface area contributed by atoms with Crippen molar-refractivity contribution >= 4 is 22.8 Å². The summed E-state index contributed by atoms with van der Waals surface area (Å²) in [6.45, 7) is 3.35. The molecule has 2 N–H and O–H groups in total. The Labute approximate surface area is 191 Å². The number of hydrogen-bond acceptors (Lipinski definition) is 5. The lowest BCUT2D eigenvalue weighted by Gasteiger charge is -2.21. The van der Waals surface area contributed by atoms with E-state index in [1.54, 1.807) is 19.9 Å². The molecule has 2 atom stereocenters. The highest BCUT2D eigenvalue weighted by molar-refractivity contribution is 5.88. The molecule has 3 aromatic rings. The van der Waals surface area contributed by atoms with Crippen molar-refractivity contribution in [3.8, 4) is 5.75 Å². The molecule has 1 aliphatic rings. The number of carboxylic acids is 1. The quantitative estimate of drug-likeness (QED) is 0.535. The number of ether oxygens (including phenoxy) is 1. The summed E-state index contributed by atoms with van der Waals surface area (Å²) in [7, 11) is 0. The van der Waals surface area contributed by atoms with Crippen LogP contribution in [0, 0.1) is 6.92 Å². The molecule has 0 aliphatic heterocycles. The number of carbonyl (C=O) groups is 2. The fourth-order valence-electron chi connectivity index (χ4n) is 4.34. The molecule has 7 nitrogen and oxygen atoms in total. The van der Waals surface area contributed by atoms with Gasteiger partial charge in [-0.05, 0) is 62.8 Å². The smallest absolute Gasteiger partial charge is 0.339 e. The van der Waals surface area contributed by atoms with E-state index in [0.29, 0.717) is 16.9 Å². The highest BCUT2D eigenvalue weighted by Crippen LogP contribution is 2.32. The van der Waals surface area contributed by atoms with E-state index in [4.69, 9.17) is 9.15 Å². The first-order valence-electron chi connectivity index (χ1n) is 11.2. The number of carboxylic acid groups (broad SMARTS) is 1. The minimum Gasteiger partial charge on any atom is -0.480 e. The van der Waals surface area contributed by atoms with E-state index in [1.807, 2.05) is 36.4 Å². The van der Waals surface area contributed by atoms with Gasteiger partial charge in [0.05, 0.1) is 0 Å². The van der Waals surface area contributed by atoms with Crippen LogP contribution in [0.25, 0.3) is 11.0 Å². The first-order chi connectivity index (χ1) is 15.8. The molecular formula is C26H27NO6. The summed E-state index contributed by atoms with van der Waals surface area (Å²) in [5.74, 6) is -1.24. The largest absolute Gasteiger partial charge is 0.480 e. The molecular weight excluding hydrogens is 422 g/mol. The molecule has 1 amide bonds. The average Bonchev–Trinajstić information content (AvgIpc) is 2.81. The molecule has 0 radical (unpaired) electrons. The Hall–Kier alpha value is -3.61. The lowest BCUT2D eigenvalue weighted by molar-refractivity contribution is -0.142. The van der Waals surface area contributed by atoms with Crippen LogP contribution in [0.4, 0.5) is 0 Å². The molecule has 4 rings (SSSR count). The normalized spacial score (nSPS) is 14.8. The second-order valence-corrected chi connectivity index (χ2v) is 8.47. The third-order valence-electron chi connectivity index (χ3n) is 6.16. The minimum absolute atomic E-state index is 0.167. The van der Waals surface area contributed by atoms with E-state index < -0.39 is 24.0 Å². The van der Waals surface area contributed by atoms with Crippen molar-refractivity contribution < 1.29 is 23.8 Å². The summed E-state index contributed by atoms with van der Waals surface area (Å²) in [6, 6.07) is 11.7. The highest BCUT2D eigenvalue weighted by atomic mass is 16.5. The Bertz CT molecular complexity index is 1250. The van der Waals surface area contributed by atoms with Gasteiger partial charge in [0.1, 0.15) is 17.4 Å². The van der Waals surface area contributed by atoms with Crippen LogP contribution in [0.5, 0.6) is 5.75 Å². The van der Waals surface area contributed by atoms with Crippen LogP contribution in [-0.2, 0) is 28.9 Å². The number of aryl methyl sites for hydroxylation is 2.